The van der Waals surface area contributed by atoms with Gasteiger partial charge >= 0.3 is 5.97 Å². The summed E-state index contributed by atoms with van der Waals surface area (Å²) in [5, 5.41) is 15.7. The number of carboxylic acid groups (broad SMARTS) is 1. The molecule has 6 heteroatoms. The molecule has 0 aromatic carbocycles. The summed E-state index contributed by atoms with van der Waals surface area (Å²) in [5.41, 5.74) is 5.27. The smallest absolute Gasteiger partial charge is 0.320 e. The van der Waals surface area contributed by atoms with Crippen LogP contribution in [0.3, 0.4) is 0 Å². The molecule has 0 fully saturated rings. The number of rotatable bonds is 4. The summed E-state index contributed by atoms with van der Waals surface area (Å²) < 4.78 is 1.54. The van der Waals surface area contributed by atoms with Crippen molar-refractivity contribution < 1.29 is 9.90 Å². The van der Waals surface area contributed by atoms with Gasteiger partial charge in [0.25, 0.3) is 0 Å². The van der Waals surface area contributed by atoms with Crippen LogP contribution in [0.5, 0.6) is 0 Å². The maximum Gasteiger partial charge on any atom is 0.320 e. The quantitative estimate of drug-likeness (QED) is 0.609. The average molecular weight is 170 g/mol. The first-order valence-corrected chi connectivity index (χ1v) is 3.52. The molecule has 3 N–H and O–H groups in total. The Bertz CT molecular complexity index is 246. The third-order valence-electron chi connectivity index (χ3n) is 1.46. The van der Waals surface area contributed by atoms with E-state index in [0.717, 1.165) is 0 Å². The van der Waals surface area contributed by atoms with E-state index in [4.69, 9.17) is 10.8 Å². The number of nitrogens with two attached hydrogens (primary N) is 1. The van der Waals surface area contributed by atoms with E-state index >= 15 is 0 Å². The summed E-state index contributed by atoms with van der Waals surface area (Å²) in [4.78, 5) is 10.3. The van der Waals surface area contributed by atoms with E-state index in [1.54, 1.807) is 10.9 Å². The van der Waals surface area contributed by atoms with Crippen molar-refractivity contribution in [1.29, 1.82) is 0 Å². The number of hydrogen-bond donors (Lipinski definition) is 2. The predicted octanol–water partition coefficient (Wildman–Crippen LogP) is -0.920. The minimum atomic E-state index is -0.991. The molecule has 0 aliphatic heterocycles. The lowest BCUT2D eigenvalue weighted by atomic mass is 10.2. The first-order chi connectivity index (χ1) is 5.70. The molecule has 1 rings (SSSR count). The first-order valence-electron chi connectivity index (χ1n) is 3.52. The summed E-state index contributed by atoms with van der Waals surface area (Å²) in [7, 11) is 0. The first kappa shape index (κ1) is 8.66. The Morgan fingerprint density at radius 1 is 1.75 bits per heavy atom. The van der Waals surface area contributed by atoms with E-state index < -0.39 is 12.0 Å². The molecule has 0 unspecified atom stereocenters. The van der Waals surface area contributed by atoms with Crippen LogP contribution < -0.4 is 5.73 Å². The van der Waals surface area contributed by atoms with E-state index in [2.05, 4.69) is 10.3 Å². The van der Waals surface area contributed by atoms with Crippen molar-refractivity contribution in [3.05, 3.63) is 12.4 Å². The molecular formula is C6H10N4O2. The molecule has 1 aromatic heterocycles. The highest BCUT2D eigenvalue weighted by Crippen LogP contribution is 1.92. The van der Waals surface area contributed by atoms with Crippen molar-refractivity contribution in [2.45, 2.75) is 19.0 Å². The molecule has 0 bridgehead atoms. The molecule has 6 nitrogen and oxygen atoms in total. The van der Waals surface area contributed by atoms with Gasteiger partial charge in [0, 0.05) is 12.7 Å². The summed E-state index contributed by atoms with van der Waals surface area (Å²) >= 11 is 0. The molecule has 0 amide bonds. The van der Waals surface area contributed by atoms with Crippen LogP contribution in [0.1, 0.15) is 6.42 Å². The summed E-state index contributed by atoms with van der Waals surface area (Å²) in [6.07, 6.45) is 3.56. The molecule has 66 valence electrons. The van der Waals surface area contributed by atoms with E-state index in [1.165, 1.54) is 6.20 Å². The third-order valence-corrected chi connectivity index (χ3v) is 1.46. The highest BCUT2D eigenvalue weighted by Gasteiger charge is 2.10. The van der Waals surface area contributed by atoms with Crippen molar-refractivity contribution in [1.82, 2.24) is 15.0 Å². The van der Waals surface area contributed by atoms with Crippen LogP contribution in [0.4, 0.5) is 0 Å². The summed E-state index contributed by atoms with van der Waals surface area (Å²) in [5.74, 6) is -0.991. The number of aryl methyl sites for hydroxylation is 1. The van der Waals surface area contributed by atoms with Gasteiger partial charge in [0.15, 0.2) is 0 Å². The zero-order valence-electron chi connectivity index (χ0n) is 6.42. The molecule has 0 spiro atoms. The molecule has 1 atom stereocenters. The van der Waals surface area contributed by atoms with Gasteiger partial charge in [0.05, 0.1) is 6.20 Å². The van der Waals surface area contributed by atoms with Crippen LogP contribution in [0.15, 0.2) is 12.4 Å². The maximum atomic E-state index is 10.3. The van der Waals surface area contributed by atoms with Gasteiger partial charge in [-0.1, -0.05) is 5.21 Å². The summed E-state index contributed by atoms with van der Waals surface area (Å²) in [6, 6.07) is -0.825. The number of aliphatic carboxylic acids is 1. The topological polar surface area (TPSA) is 94.0 Å². The highest BCUT2D eigenvalue weighted by atomic mass is 16.4. The molecule has 1 aromatic rings. The number of hydrogen-bond acceptors (Lipinski definition) is 4. The van der Waals surface area contributed by atoms with Crippen LogP contribution in [-0.4, -0.2) is 32.1 Å². The van der Waals surface area contributed by atoms with E-state index in [0.29, 0.717) is 13.0 Å². The fourth-order valence-corrected chi connectivity index (χ4v) is 0.747. The molecule has 12 heavy (non-hydrogen) atoms. The van der Waals surface area contributed by atoms with E-state index in [9.17, 15) is 4.79 Å². The highest BCUT2D eigenvalue weighted by molar-refractivity contribution is 5.72. The Morgan fingerprint density at radius 2 is 2.50 bits per heavy atom. The predicted molar refractivity (Wildman–Crippen MR) is 40.3 cm³/mol. The lowest BCUT2D eigenvalue weighted by Crippen LogP contribution is -2.31. The van der Waals surface area contributed by atoms with E-state index in [-0.39, 0.29) is 0 Å². The molecule has 0 saturated carbocycles. The second-order valence-electron chi connectivity index (χ2n) is 2.40. The van der Waals surface area contributed by atoms with Crippen LogP contribution >= 0.6 is 0 Å². The minimum Gasteiger partial charge on any atom is -0.480 e. The molecular weight excluding hydrogens is 160 g/mol. The van der Waals surface area contributed by atoms with Gasteiger partial charge in [0.2, 0.25) is 0 Å². The second-order valence-corrected chi connectivity index (χ2v) is 2.40. The van der Waals surface area contributed by atoms with Crippen molar-refractivity contribution in [3.63, 3.8) is 0 Å². The summed E-state index contributed by atoms with van der Waals surface area (Å²) in [6.45, 7) is 0.480. The van der Waals surface area contributed by atoms with Gasteiger partial charge in [-0.15, -0.1) is 5.10 Å². The molecule has 0 aliphatic rings. The minimum absolute atomic E-state index is 0.360. The van der Waals surface area contributed by atoms with Crippen molar-refractivity contribution in [2.24, 2.45) is 5.73 Å². The lowest BCUT2D eigenvalue weighted by Gasteiger charge is -2.04. The fourth-order valence-electron chi connectivity index (χ4n) is 0.747. The number of carboxylic acids is 1. The van der Waals surface area contributed by atoms with Gasteiger partial charge in [-0.05, 0) is 6.42 Å². The second kappa shape index (κ2) is 3.82. The lowest BCUT2D eigenvalue weighted by molar-refractivity contribution is -0.138. The Labute approximate surface area is 69.0 Å². The Kier molecular flexibility index (Phi) is 2.76. The SMILES string of the molecule is N[C@@H](CCn1ccnn1)C(=O)O. The van der Waals surface area contributed by atoms with Crippen molar-refractivity contribution in [2.75, 3.05) is 0 Å². The largest absolute Gasteiger partial charge is 0.480 e. The number of aromatic nitrogens is 3. The van der Waals surface area contributed by atoms with Crippen LogP contribution in [0, 0.1) is 0 Å². The van der Waals surface area contributed by atoms with Crippen molar-refractivity contribution >= 4 is 5.97 Å². The molecule has 0 aliphatic carbocycles. The van der Waals surface area contributed by atoms with Gasteiger partial charge in [-0.25, -0.2) is 0 Å². The van der Waals surface area contributed by atoms with Gasteiger partial charge in [0.1, 0.15) is 6.04 Å². The van der Waals surface area contributed by atoms with Gasteiger partial charge in [-0.3, -0.25) is 9.48 Å². The molecule has 0 radical (unpaired) electrons. The monoisotopic (exact) mass is 170 g/mol. The zero-order valence-corrected chi connectivity index (χ0v) is 6.42. The van der Waals surface area contributed by atoms with Crippen LogP contribution in [0.25, 0.3) is 0 Å². The zero-order chi connectivity index (χ0) is 8.97. The Balaban J connectivity index is 2.31. The standard InChI is InChI=1S/C6H10N4O2/c7-5(6(11)12)1-3-10-4-2-8-9-10/h2,4-5H,1,3,7H2,(H,11,12)/t5-/m0/s1. The van der Waals surface area contributed by atoms with Crippen molar-refractivity contribution in [3.8, 4) is 0 Å². The Morgan fingerprint density at radius 3 is 3.00 bits per heavy atom. The maximum absolute atomic E-state index is 10.3. The molecule has 0 saturated heterocycles. The van der Waals surface area contributed by atoms with E-state index in [1.807, 2.05) is 0 Å². The van der Waals surface area contributed by atoms with Crippen LogP contribution in [-0.2, 0) is 11.3 Å². The van der Waals surface area contributed by atoms with Gasteiger partial charge < -0.3 is 10.8 Å². The fraction of sp³-hybridized carbons (Fsp3) is 0.500. The van der Waals surface area contributed by atoms with Gasteiger partial charge in [-0.2, -0.15) is 0 Å². The average Bonchev–Trinajstić information content (AvgIpc) is 2.51. The Hall–Kier alpha value is -1.43. The number of carbonyl (C=O) groups is 1. The molecule has 1 heterocycles. The number of nitrogens with zero attached hydrogens (tertiary/aromatic N) is 3. The third kappa shape index (κ3) is 2.31. The van der Waals surface area contributed by atoms with Crippen LogP contribution in [0.2, 0.25) is 0 Å². The normalized spacial score (nSPS) is 12.8.